The maximum Gasteiger partial charge on any atom is 0.295 e. The molecular weight excluding hydrogens is 276 g/mol. The van der Waals surface area contributed by atoms with Crippen molar-refractivity contribution >= 4 is 38.5 Å². The zero-order valence-electron chi connectivity index (χ0n) is 10.5. The Hall–Kier alpha value is -2.24. The van der Waals surface area contributed by atoms with Crippen molar-refractivity contribution in [3.05, 3.63) is 54.6 Å². The molecular formula is C15H12O4S. The van der Waals surface area contributed by atoms with Crippen molar-refractivity contribution in [3.8, 4) is 0 Å². The van der Waals surface area contributed by atoms with E-state index in [0.717, 1.165) is 16.2 Å². The number of rotatable bonds is 1. The Labute approximate surface area is 116 Å². The van der Waals surface area contributed by atoms with Crippen LogP contribution in [-0.4, -0.2) is 19.8 Å². The molecule has 0 fully saturated rings. The van der Waals surface area contributed by atoms with E-state index in [1.165, 1.54) is 6.07 Å². The highest BCUT2D eigenvalue weighted by molar-refractivity contribution is 7.86. The first-order valence-electron chi connectivity index (χ1n) is 5.73. The number of hydrogen-bond acceptors (Lipinski definition) is 3. The largest absolute Gasteiger partial charge is 0.307 e. The van der Waals surface area contributed by atoms with Crippen molar-refractivity contribution in [2.75, 3.05) is 0 Å². The van der Waals surface area contributed by atoms with Gasteiger partial charge in [-0.3, -0.25) is 4.55 Å². The van der Waals surface area contributed by atoms with Crippen LogP contribution in [0.2, 0.25) is 0 Å². The van der Waals surface area contributed by atoms with Crippen LogP contribution in [0.5, 0.6) is 0 Å². The maximum absolute atomic E-state index is 11.3. The van der Waals surface area contributed by atoms with Crippen LogP contribution in [-0.2, 0) is 14.9 Å². The quantitative estimate of drug-likeness (QED) is 0.552. The fraction of sp³-hybridized carbons (Fsp3) is 0. The summed E-state index contributed by atoms with van der Waals surface area (Å²) in [5, 5.41) is 3.32. The molecule has 102 valence electrons. The third-order valence-electron chi connectivity index (χ3n) is 2.98. The molecule has 0 radical (unpaired) electrons. The zero-order chi connectivity index (χ0) is 14.8. The van der Waals surface area contributed by atoms with E-state index in [0.29, 0.717) is 5.39 Å². The average Bonchev–Trinajstić information content (AvgIpc) is 2.45. The molecule has 1 N–H and O–H groups in total. The lowest BCUT2D eigenvalue weighted by atomic mass is 10.0. The summed E-state index contributed by atoms with van der Waals surface area (Å²) in [5.41, 5.74) is 0. The summed E-state index contributed by atoms with van der Waals surface area (Å²) in [6.45, 7) is 2.00. The van der Waals surface area contributed by atoms with Gasteiger partial charge in [0.1, 0.15) is 11.7 Å². The molecule has 0 aliphatic carbocycles. The van der Waals surface area contributed by atoms with Crippen molar-refractivity contribution in [3.63, 3.8) is 0 Å². The first-order valence-corrected chi connectivity index (χ1v) is 7.17. The van der Waals surface area contributed by atoms with Crippen LogP contribution in [0.25, 0.3) is 21.5 Å². The normalized spacial score (nSPS) is 11.1. The average molecular weight is 288 g/mol. The van der Waals surface area contributed by atoms with Gasteiger partial charge >= 0.3 is 0 Å². The van der Waals surface area contributed by atoms with Gasteiger partial charge in [0.2, 0.25) is 0 Å². The fourth-order valence-electron chi connectivity index (χ4n) is 2.16. The molecule has 3 rings (SSSR count). The van der Waals surface area contributed by atoms with Gasteiger partial charge in [-0.1, -0.05) is 36.4 Å². The lowest BCUT2D eigenvalue weighted by molar-refractivity contribution is -0.0979. The SMILES string of the molecule is C=O.O=S(=O)(O)c1cccc2cc3ccccc3cc12. The van der Waals surface area contributed by atoms with Gasteiger partial charge in [-0.15, -0.1) is 0 Å². The Kier molecular flexibility index (Phi) is 3.83. The number of carbonyl (C=O) groups is 1. The van der Waals surface area contributed by atoms with E-state index in [1.54, 1.807) is 12.1 Å². The highest BCUT2D eigenvalue weighted by Gasteiger charge is 2.13. The van der Waals surface area contributed by atoms with Crippen LogP contribution in [0.15, 0.2) is 59.5 Å². The van der Waals surface area contributed by atoms with Crippen molar-refractivity contribution < 1.29 is 17.8 Å². The first-order chi connectivity index (χ1) is 9.55. The smallest absolute Gasteiger partial charge is 0.295 e. The lowest BCUT2D eigenvalue weighted by Crippen LogP contribution is -1.98. The predicted molar refractivity (Wildman–Crippen MR) is 78.4 cm³/mol. The van der Waals surface area contributed by atoms with E-state index < -0.39 is 10.1 Å². The second-order valence-corrected chi connectivity index (χ2v) is 5.54. The van der Waals surface area contributed by atoms with E-state index in [4.69, 9.17) is 4.79 Å². The summed E-state index contributed by atoms with van der Waals surface area (Å²) in [6, 6.07) is 16.3. The van der Waals surface area contributed by atoms with E-state index in [1.807, 2.05) is 43.2 Å². The Balaban J connectivity index is 0.000000704. The molecule has 3 aromatic rings. The molecule has 20 heavy (non-hydrogen) atoms. The third-order valence-corrected chi connectivity index (χ3v) is 3.90. The zero-order valence-corrected chi connectivity index (χ0v) is 11.3. The highest BCUT2D eigenvalue weighted by atomic mass is 32.2. The number of carbonyl (C=O) groups excluding carboxylic acids is 1. The van der Waals surface area contributed by atoms with Gasteiger partial charge in [-0.25, -0.2) is 0 Å². The number of benzene rings is 3. The van der Waals surface area contributed by atoms with Gasteiger partial charge in [0.15, 0.2) is 0 Å². The minimum Gasteiger partial charge on any atom is -0.307 e. The van der Waals surface area contributed by atoms with Crippen LogP contribution in [0.3, 0.4) is 0 Å². The molecule has 0 unspecified atom stereocenters. The van der Waals surface area contributed by atoms with Crippen LogP contribution in [0.1, 0.15) is 0 Å². The molecule has 0 heterocycles. The van der Waals surface area contributed by atoms with E-state index in [-0.39, 0.29) is 4.90 Å². The molecule has 4 nitrogen and oxygen atoms in total. The van der Waals surface area contributed by atoms with Gasteiger partial charge in [-0.05, 0) is 34.4 Å². The van der Waals surface area contributed by atoms with Gasteiger partial charge in [0.25, 0.3) is 10.1 Å². The molecule has 0 atom stereocenters. The molecule has 0 saturated heterocycles. The van der Waals surface area contributed by atoms with Crippen molar-refractivity contribution in [1.82, 2.24) is 0 Å². The molecule has 0 amide bonds. The molecule has 0 bridgehead atoms. The Morgan fingerprint density at radius 2 is 1.35 bits per heavy atom. The number of hydrogen-bond donors (Lipinski definition) is 1. The number of fused-ring (bicyclic) bond motifs is 2. The van der Waals surface area contributed by atoms with Crippen LogP contribution >= 0.6 is 0 Å². The van der Waals surface area contributed by atoms with Crippen LogP contribution in [0.4, 0.5) is 0 Å². The topological polar surface area (TPSA) is 71.4 Å². The molecule has 0 aliphatic heterocycles. The predicted octanol–water partition coefficient (Wildman–Crippen LogP) is 3.05. The van der Waals surface area contributed by atoms with E-state index in [9.17, 15) is 13.0 Å². The second kappa shape index (κ2) is 5.40. The Morgan fingerprint density at radius 1 is 0.800 bits per heavy atom. The minimum atomic E-state index is -4.20. The van der Waals surface area contributed by atoms with Crippen molar-refractivity contribution in [1.29, 1.82) is 0 Å². The highest BCUT2D eigenvalue weighted by Crippen LogP contribution is 2.27. The van der Waals surface area contributed by atoms with Gasteiger partial charge in [-0.2, -0.15) is 8.42 Å². The molecule has 0 aliphatic rings. The molecule has 0 saturated carbocycles. The monoisotopic (exact) mass is 288 g/mol. The van der Waals surface area contributed by atoms with Gasteiger partial charge in [0.05, 0.1) is 0 Å². The maximum atomic E-state index is 11.3. The first kappa shape index (κ1) is 14.2. The van der Waals surface area contributed by atoms with E-state index >= 15 is 0 Å². The summed E-state index contributed by atoms with van der Waals surface area (Å²) in [4.78, 5) is 7.95. The van der Waals surface area contributed by atoms with Gasteiger partial charge in [0, 0.05) is 5.39 Å². The standard InChI is InChI=1S/C14H10O3S.CH2O/c15-18(16,17)14-7-3-6-12-8-10-4-1-2-5-11(10)9-13(12)14;1-2/h1-9H,(H,15,16,17);1H2. The second-order valence-electron chi connectivity index (χ2n) is 4.15. The summed E-state index contributed by atoms with van der Waals surface area (Å²) in [6.07, 6.45) is 0. The van der Waals surface area contributed by atoms with Crippen molar-refractivity contribution in [2.24, 2.45) is 0 Å². The molecule has 3 aromatic carbocycles. The minimum absolute atomic E-state index is 0.0502. The van der Waals surface area contributed by atoms with Crippen LogP contribution < -0.4 is 0 Å². The van der Waals surface area contributed by atoms with Crippen molar-refractivity contribution in [2.45, 2.75) is 4.90 Å². The third kappa shape index (κ3) is 2.54. The lowest BCUT2D eigenvalue weighted by Gasteiger charge is -2.05. The summed E-state index contributed by atoms with van der Waals surface area (Å²) in [7, 11) is -4.20. The molecule has 5 heteroatoms. The van der Waals surface area contributed by atoms with E-state index in [2.05, 4.69) is 0 Å². The van der Waals surface area contributed by atoms with Crippen LogP contribution in [0, 0.1) is 0 Å². The molecule has 0 spiro atoms. The van der Waals surface area contributed by atoms with Gasteiger partial charge < -0.3 is 4.79 Å². The Morgan fingerprint density at radius 3 is 1.95 bits per heavy atom. The molecule has 0 aromatic heterocycles. The Bertz CT molecular complexity index is 869. The summed E-state index contributed by atoms with van der Waals surface area (Å²) in [5.74, 6) is 0. The summed E-state index contributed by atoms with van der Waals surface area (Å²) < 4.78 is 31.9. The fourth-order valence-corrected chi connectivity index (χ4v) is 2.87. The summed E-state index contributed by atoms with van der Waals surface area (Å²) >= 11 is 0.